The maximum absolute atomic E-state index is 13.4. The summed E-state index contributed by atoms with van der Waals surface area (Å²) < 4.78 is 5.76. The molecule has 1 saturated carbocycles. The number of nitrogens with one attached hydrogen (secondary N) is 1. The van der Waals surface area contributed by atoms with E-state index in [0.717, 1.165) is 31.2 Å². The Balaban J connectivity index is 1.81. The van der Waals surface area contributed by atoms with Gasteiger partial charge in [0.05, 0.1) is 0 Å². The number of ether oxygens (including phenoxy) is 1. The van der Waals surface area contributed by atoms with E-state index in [1.165, 1.54) is 11.3 Å². The molecule has 0 heterocycles. The van der Waals surface area contributed by atoms with Gasteiger partial charge in [-0.05, 0) is 62.1 Å². The van der Waals surface area contributed by atoms with Crippen molar-refractivity contribution in [1.29, 1.82) is 0 Å². The molecule has 2 aromatic rings. The van der Waals surface area contributed by atoms with Gasteiger partial charge in [0.25, 0.3) is 5.91 Å². The number of benzene rings is 2. The van der Waals surface area contributed by atoms with Gasteiger partial charge in [0, 0.05) is 33.2 Å². The van der Waals surface area contributed by atoms with Crippen LogP contribution in [-0.4, -0.2) is 35.4 Å². The smallest absolute Gasteiger partial charge is 0.261 e. The molecule has 3 rings (SSSR count). The third kappa shape index (κ3) is 7.03. The van der Waals surface area contributed by atoms with Crippen LogP contribution in [0.5, 0.6) is 5.75 Å². The zero-order valence-corrected chi connectivity index (χ0v) is 21.8. The minimum absolute atomic E-state index is 0.108. The number of carbonyl (C=O) groups excluding carboxylic acids is 2. The standard InChI is InChI=1S/C26H31Cl3N2O3/c1-3-24(26(33)30-18-8-5-4-6-9-18)31(15-20-22(28)10-7-11-23(20)29)25(32)16-34-19-12-13-21(27)17(2)14-19/h7,10-14,18,24H,3-6,8-9,15-16H2,1-2H3,(H,30,33)/t24-/m1/s1. The van der Waals surface area contributed by atoms with Gasteiger partial charge in [0.2, 0.25) is 5.91 Å². The maximum Gasteiger partial charge on any atom is 0.261 e. The predicted octanol–water partition coefficient (Wildman–Crippen LogP) is 6.59. The summed E-state index contributed by atoms with van der Waals surface area (Å²) >= 11 is 18.9. The minimum atomic E-state index is -0.669. The van der Waals surface area contributed by atoms with Crippen LogP contribution in [0.2, 0.25) is 15.1 Å². The lowest BCUT2D eigenvalue weighted by Gasteiger charge is -2.33. The third-order valence-corrected chi connectivity index (χ3v) is 7.35. The summed E-state index contributed by atoms with van der Waals surface area (Å²) in [6.07, 6.45) is 5.78. The van der Waals surface area contributed by atoms with Crippen molar-refractivity contribution in [2.75, 3.05) is 6.61 Å². The first-order valence-corrected chi connectivity index (χ1v) is 12.8. The van der Waals surface area contributed by atoms with E-state index >= 15 is 0 Å². The molecule has 2 amide bonds. The highest BCUT2D eigenvalue weighted by atomic mass is 35.5. The molecule has 1 aliphatic carbocycles. The molecule has 1 atom stereocenters. The van der Waals surface area contributed by atoms with Crippen LogP contribution in [0.15, 0.2) is 36.4 Å². The van der Waals surface area contributed by atoms with E-state index in [2.05, 4.69) is 5.32 Å². The van der Waals surface area contributed by atoms with E-state index in [1.807, 2.05) is 13.8 Å². The molecule has 0 saturated heterocycles. The molecular formula is C26H31Cl3N2O3. The largest absolute Gasteiger partial charge is 0.484 e. The molecule has 2 aromatic carbocycles. The molecule has 1 fully saturated rings. The molecule has 8 heteroatoms. The van der Waals surface area contributed by atoms with Crippen LogP contribution >= 0.6 is 34.8 Å². The molecule has 34 heavy (non-hydrogen) atoms. The molecule has 5 nitrogen and oxygen atoms in total. The number of halogens is 3. The highest BCUT2D eigenvalue weighted by molar-refractivity contribution is 6.36. The van der Waals surface area contributed by atoms with E-state index in [4.69, 9.17) is 39.5 Å². The number of amides is 2. The van der Waals surface area contributed by atoms with Gasteiger partial charge < -0.3 is 15.0 Å². The molecule has 0 aromatic heterocycles. The van der Waals surface area contributed by atoms with Gasteiger partial charge in [-0.25, -0.2) is 0 Å². The van der Waals surface area contributed by atoms with Gasteiger partial charge in [0.1, 0.15) is 11.8 Å². The first-order chi connectivity index (χ1) is 16.3. The number of nitrogens with zero attached hydrogens (tertiary/aromatic N) is 1. The summed E-state index contributed by atoms with van der Waals surface area (Å²) in [6.45, 7) is 3.64. The average Bonchev–Trinajstić information content (AvgIpc) is 2.82. The van der Waals surface area contributed by atoms with Crippen molar-refractivity contribution in [3.05, 3.63) is 62.6 Å². The van der Waals surface area contributed by atoms with Crippen molar-refractivity contribution < 1.29 is 14.3 Å². The molecule has 0 bridgehead atoms. The zero-order valence-electron chi connectivity index (χ0n) is 19.6. The van der Waals surface area contributed by atoms with Gasteiger partial charge >= 0.3 is 0 Å². The van der Waals surface area contributed by atoms with E-state index in [9.17, 15) is 9.59 Å². The Hall–Kier alpha value is -1.95. The molecule has 0 spiro atoms. The lowest BCUT2D eigenvalue weighted by molar-refractivity contribution is -0.143. The zero-order chi connectivity index (χ0) is 24.7. The van der Waals surface area contributed by atoms with E-state index in [0.29, 0.717) is 32.8 Å². The molecule has 0 unspecified atom stereocenters. The first-order valence-electron chi connectivity index (χ1n) is 11.7. The molecular weight excluding hydrogens is 495 g/mol. The minimum Gasteiger partial charge on any atom is -0.484 e. The quantitative estimate of drug-likeness (QED) is 0.402. The average molecular weight is 526 g/mol. The fourth-order valence-electron chi connectivity index (χ4n) is 4.25. The molecule has 0 aliphatic heterocycles. The highest BCUT2D eigenvalue weighted by Crippen LogP contribution is 2.28. The lowest BCUT2D eigenvalue weighted by atomic mass is 9.95. The summed E-state index contributed by atoms with van der Waals surface area (Å²) in [7, 11) is 0. The fraction of sp³-hybridized carbons (Fsp3) is 0.462. The van der Waals surface area contributed by atoms with Crippen LogP contribution in [0.25, 0.3) is 0 Å². The molecule has 184 valence electrons. The van der Waals surface area contributed by atoms with Gasteiger partial charge in [-0.15, -0.1) is 0 Å². The van der Waals surface area contributed by atoms with Crippen LogP contribution in [0.3, 0.4) is 0 Å². The first kappa shape index (κ1) is 26.7. The van der Waals surface area contributed by atoms with Crippen molar-refractivity contribution >= 4 is 46.6 Å². The third-order valence-electron chi connectivity index (χ3n) is 6.22. The number of rotatable bonds is 9. The summed E-state index contributed by atoms with van der Waals surface area (Å²) in [5, 5.41) is 4.67. The van der Waals surface area contributed by atoms with Crippen molar-refractivity contribution in [3.63, 3.8) is 0 Å². The van der Waals surface area contributed by atoms with Crippen LogP contribution in [0.1, 0.15) is 56.6 Å². The van der Waals surface area contributed by atoms with Gasteiger partial charge in [-0.2, -0.15) is 0 Å². The van der Waals surface area contributed by atoms with Crippen LogP contribution < -0.4 is 10.1 Å². The second-order valence-corrected chi connectivity index (χ2v) is 9.91. The Bertz CT molecular complexity index is 989. The Morgan fingerprint density at radius 3 is 2.35 bits per heavy atom. The Morgan fingerprint density at radius 1 is 1.06 bits per heavy atom. The van der Waals surface area contributed by atoms with Crippen molar-refractivity contribution in [1.82, 2.24) is 10.2 Å². The van der Waals surface area contributed by atoms with Crippen LogP contribution in [-0.2, 0) is 16.1 Å². The lowest BCUT2D eigenvalue weighted by Crippen LogP contribution is -2.52. The number of hydrogen-bond acceptors (Lipinski definition) is 3. The Kier molecular flexibility index (Phi) is 9.93. The summed E-state index contributed by atoms with van der Waals surface area (Å²) in [5.41, 5.74) is 1.45. The monoisotopic (exact) mass is 524 g/mol. The SMILES string of the molecule is CC[C@H](C(=O)NC1CCCCC1)N(Cc1c(Cl)cccc1Cl)C(=O)COc1ccc(Cl)c(C)c1. The number of carbonyl (C=O) groups is 2. The molecule has 1 N–H and O–H groups in total. The summed E-state index contributed by atoms with van der Waals surface area (Å²) in [5.74, 6) is 0.0492. The molecule has 0 radical (unpaired) electrons. The molecule has 1 aliphatic rings. The summed E-state index contributed by atoms with van der Waals surface area (Å²) in [6, 6.07) is 9.89. The summed E-state index contributed by atoms with van der Waals surface area (Å²) in [4.78, 5) is 28.2. The van der Waals surface area contributed by atoms with Gasteiger partial charge in [-0.1, -0.05) is 67.1 Å². The number of hydrogen-bond donors (Lipinski definition) is 1. The predicted molar refractivity (Wildman–Crippen MR) is 138 cm³/mol. The second-order valence-electron chi connectivity index (χ2n) is 8.69. The number of aryl methyl sites for hydroxylation is 1. The van der Waals surface area contributed by atoms with Crippen LogP contribution in [0, 0.1) is 6.92 Å². The van der Waals surface area contributed by atoms with Crippen molar-refractivity contribution in [2.45, 2.75) is 71.0 Å². The van der Waals surface area contributed by atoms with Crippen molar-refractivity contribution in [2.24, 2.45) is 0 Å². The van der Waals surface area contributed by atoms with E-state index < -0.39 is 6.04 Å². The Morgan fingerprint density at radius 2 is 1.74 bits per heavy atom. The fourth-order valence-corrected chi connectivity index (χ4v) is 4.89. The highest BCUT2D eigenvalue weighted by Gasteiger charge is 2.31. The van der Waals surface area contributed by atoms with Gasteiger partial charge in [-0.3, -0.25) is 9.59 Å². The normalized spacial score (nSPS) is 15.0. The van der Waals surface area contributed by atoms with Crippen molar-refractivity contribution in [3.8, 4) is 5.75 Å². The topological polar surface area (TPSA) is 58.6 Å². The van der Waals surface area contributed by atoms with Gasteiger partial charge in [0.15, 0.2) is 6.61 Å². The second kappa shape index (κ2) is 12.7. The van der Waals surface area contributed by atoms with Crippen LogP contribution in [0.4, 0.5) is 0 Å². The Labute approximate surface area is 216 Å². The maximum atomic E-state index is 13.4. The van der Waals surface area contributed by atoms with E-state index in [1.54, 1.807) is 36.4 Å². The van der Waals surface area contributed by atoms with E-state index in [-0.39, 0.29) is 31.0 Å².